The van der Waals surface area contributed by atoms with Crippen LogP contribution in [0.2, 0.25) is 0 Å². The molecule has 120 valence electrons. The predicted octanol–water partition coefficient (Wildman–Crippen LogP) is 3.31. The van der Waals surface area contributed by atoms with Gasteiger partial charge in [0.2, 0.25) is 0 Å². The molecule has 0 fully saturated rings. The van der Waals surface area contributed by atoms with Crippen molar-refractivity contribution < 1.29 is 14.6 Å². The second-order valence-corrected chi connectivity index (χ2v) is 5.21. The van der Waals surface area contributed by atoms with Crippen molar-refractivity contribution in [3.05, 3.63) is 54.1 Å². The SMILES string of the molecule is CCCOc1cccc(C(=O)NC(=S)Nc2ccccc2O)c1. The van der Waals surface area contributed by atoms with Crippen LogP contribution in [0.5, 0.6) is 11.5 Å². The fourth-order valence-corrected chi connectivity index (χ4v) is 2.06. The van der Waals surface area contributed by atoms with Crippen LogP contribution in [0.25, 0.3) is 0 Å². The van der Waals surface area contributed by atoms with Crippen LogP contribution >= 0.6 is 12.2 Å². The lowest BCUT2D eigenvalue weighted by Crippen LogP contribution is -2.34. The summed E-state index contributed by atoms with van der Waals surface area (Å²) in [6.45, 7) is 2.61. The number of hydrogen-bond donors (Lipinski definition) is 3. The third-order valence-corrected chi connectivity index (χ3v) is 3.15. The number of thiocarbonyl (C=S) groups is 1. The molecule has 0 aliphatic heterocycles. The molecule has 6 heteroatoms. The van der Waals surface area contributed by atoms with Crippen molar-refractivity contribution in [3.8, 4) is 11.5 Å². The lowest BCUT2D eigenvalue weighted by molar-refractivity contribution is 0.0977. The fourth-order valence-electron chi connectivity index (χ4n) is 1.86. The van der Waals surface area contributed by atoms with Crippen LogP contribution in [0.1, 0.15) is 23.7 Å². The van der Waals surface area contributed by atoms with Gasteiger partial charge in [0.1, 0.15) is 11.5 Å². The summed E-state index contributed by atoms with van der Waals surface area (Å²) in [5, 5.41) is 15.1. The number of carbonyl (C=O) groups excluding carboxylic acids is 1. The summed E-state index contributed by atoms with van der Waals surface area (Å²) in [5.41, 5.74) is 0.873. The first kappa shape index (κ1) is 16.8. The van der Waals surface area contributed by atoms with Crippen molar-refractivity contribution in [1.82, 2.24) is 5.32 Å². The number of carbonyl (C=O) groups is 1. The average molecular weight is 330 g/mol. The highest BCUT2D eigenvalue weighted by atomic mass is 32.1. The molecule has 0 aliphatic carbocycles. The van der Waals surface area contributed by atoms with Crippen LogP contribution in [0.3, 0.4) is 0 Å². The van der Waals surface area contributed by atoms with E-state index >= 15 is 0 Å². The fraction of sp³-hybridized carbons (Fsp3) is 0.176. The summed E-state index contributed by atoms with van der Waals surface area (Å²) < 4.78 is 5.50. The predicted molar refractivity (Wildman–Crippen MR) is 94.0 cm³/mol. The summed E-state index contributed by atoms with van der Waals surface area (Å²) in [7, 11) is 0. The molecule has 5 nitrogen and oxygen atoms in total. The highest BCUT2D eigenvalue weighted by molar-refractivity contribution is 7.80. The number of phenols is 1. The lowest BCUT2D eigenvalue weighted by atomic mass is 10.2. The van der Waals surface area contributed by atoms with Gasteiger partial charge in [-0.15, -0.1) is 0 Å². The van der Waals surface area contributed by atoms with Crippen LogP contribution < -0.4 is 15.4 Å². The molecule has 0 spiro atoms. The van der Waals surface area contributed by atoms with Crippen LogP contribution in [-0.2, 0) is 0 Å². The molecular weight excluding hydrogens is 312 g/mol. The van der Waals surface area contributed by atoms with Crippen LogP contribution in [0.15, 0.2) is 48.5 Å². The average Bonchev–Trinajstić information content (AvgIpc) is 2.55. The Kier molecular flexibility index (Phi) is 5.94. The van der Waals surface area contributed by atoms with E-state index in [1.165, 1.54) is 6.07 Å². The van der Waals surface area contributed by atoms with E-state index in [4.69, 9.17) is 17.0 Å². The first-order valence-corrected chi connectivity index (χ1v) is 7.64. The smallest absolute Gasteiger partial charge is 0.257 e. The Bertz CT molecular complexity index is 704. The third-order valence-electron chi connectivity index (χ3n) is 2.95. The number of aromatic hydroxyl groups is 1. The van der Waals surface area contributed by atoms with Crippen LogP contribution in [0, 0.1) is 0 Å². The topological polar surface area (TPSA) is 70.6 Å². The zero-order chi connectivity index (χ0) is 16.7. The minimum Gasteiger partial charge on any atom is -0.506 e. The normalized spacial score (nSPS) is 9.96. The Hall–Kier alpha value is -2.60. The molecular formula is C17H18N2O3S. The maximum atomic E-state index is 12.2. The molecule has 2 aromatic rings. The molecule has 0 unspecified atom stereocenters. The lowest BCUT2D eigenvalue weighted by Gasteiger charge is -2.11. The van der Waals surface area contributed by atoms with E-state index in [0.717, 1.165) is 6.42 Å². The monoisotopic (exact) mass is 330 g/mol. The van der Waals surface area contributed by atoms with Gasteiger partial charge in [0.25, 0.3) is 5.91 Å². The zero-order valence-electron chi connectivity index (χ0n) is 12.7. The first-order valence-electron chi connectivity index (χ1n) is 7.23. The molecule has 3 N–H and O–H groups in total. The second-order valence-electron chi connectivity index (χ2n) is 4.80. The van der Waals surface area contributed by atoms with Gasteiger partial charge in [0.05, 0.1) is 12.3 Å². The largest absolute Gasteiger partial charge is 0.506 e. The van der Waals surface area contributed by atoms with Crippen LogP contribution in [-0.4, -0.2) is 22.7 Å². The Labute approximate surface area is 140 Å². The minimum absolute atomic E-state index is 0.0547. The van der Waals surface area contributed by atoms with Gasteiger partial charge in [-0.2, -0.15) is 0 Å². The molecule has 0 atom stereocenters. The Morgan fingerprint density at radius 1 is 1.22 bits per heavy atom. The number of benzene rings is 2. The van der Waals surface area contributed by atoms with Gasteiger partial charge >= 0.3 is 0 Å². The molecule has 23 heavy (non-hydrogen) atoms. The molecule has 0 heterocycles. The first-order chi connectivity index (χ1) is 11.1. The molecule has 0 saturated carbocycles. The quantitative estimate of drug-likeness (QED) is 0.579. The molecule has 0 bridgehead atoms. The van der Waals surface area contributed by atoms with E-state index in [0.29, 0.717) is 23.6 Å². The van der Waals surface area contributed by atoms with Gasteiger partial charge in [-0.3, -0.25) is 10.1 Å². The van der Waals surface area contributed by atoms with Gasteiger partial charge < -0.3 is 15.2 Å². The van der Waals surface area contributed by atoms with Crippen molar-refractivity contribution in [2.24, 2.45) is 0 Å². The van der Waals surface area contributed by atoms with Gasteiger partial charge in [-0.05, 0) is 49.0 Å². The minimum atomic E-state index is -0.347. The van der Waals surface area contributed by atoms with E-state index in [9.17, 15) is 9.90 Å². The number of nitrogens with one attached hydrogen (secondary N) is 2. The zero-order valence-corrected chi connectivity index (χ0v) is 13.5. The van der Waals surface area contributed by atoms with Gasteiger partial charge in [-0.1, -0.05) is 25.1 Å². The van der Waals surface area contributed by atoms with Gasteiger partial charge in [0.15, 0.2) is 5.11 Å². The second kappa shape index (κ2) is 8.14. The standard InChI is InChI=1S/C17H18N2O3S/c1-2-10-22-13-7-5-6-12(11-13)16(21)19-17(23)18-14-8-3-4-9-15(14)20/h3-9,11,20H,2,10H2,1H3,(H2,18,19,21,23). The summed E-state index contributed by atoms with van der Waals surface area (Å²) >= 11 is 5.09. The number of rotatable bonds is 5. The number of para-hydroxylation sites is 2. The molecule has 0 aromatic heterocycles. The van der Waals surface area contributed by atoms with Crippen molar-refractivity contribution >= 4 is 28.9 Å². The van der Waals surface area contributed by atoms with Gasteiger partial charge in [-0.25, -0.2) is 0 Å². The van der Waals surface area contributed by atoms with Crippen molar-refractivity contribution in [2.45, 2.75) is 13.3 Å². The van der Waals surface area contributed by atoms with Gasteiger partial charge in [0, 0.05) is 5.56 Å². The summed E-state index contributed by atoms with van der Waals surface area (Å²) in [5.74, 6) is 0.345. The summed E-state index contributed by atoms with van der Waals surface area (Å²) in [6.07, 6.45) is 0.894. The number of amides is 1. The molecule has 0 radical (unpaired) electrons. The molecule has 0 aliphatic rings. The van der Waals surface area contributed by atoms with Crippen molar-refractivity contribution in [2.75, 3.05) is 11.9 Å². The Balaban J connectivity index is 1.98. The Morgan fingerprint density at radius 2 is 2.00 bits per heavy atom. The summed E-state index contributed by atoms with van der Waals surface area (Å²) in [6, 6.07) is 13.5. The van der Waals surface area contributed by atoms with E-state index in [1.54, 1.807) is 42.5 Å². The van der Waals surface area contributed by atoms with Crippen molar-refractivity contribution in [1.29, 1.82) is 0 Å². The molecule has 2 aromatic carbocycles. The van der Waals surface area contributed by atoms with E-state index in [1.807, 2.05) is 6.92 Å². The van der Waals surface area contributed by atoms with Crippen molar-refractivity contribution in [3.63, 3.8) is 0 Å². The number of hydrogen-bond acceptors (Lipinski definition) is 4. The number of ether oxygens (including phenoxy) is 1. The maximum Gasteiger partial charge on any atom is 0.257 e. The molecule has 2 rings (SSSR count). The third kappa shape index (κ3) is 4.96. The maximum absolute atomic E-state index is 12.2. The molecule has 1 amide bonds. The van der Waals surface area contributed by atoms with E-state index < -0.39 is 0 Å². The van der Waals surface area contributed by atoms with Crippen LogP contribution in [0.4, 0.5) is 5.69 Å². The number of anilines is 1. The van der Waals surface area contributed by atoms with E-state index in [2.05, 4.69) is 10.6 Å². The number of phenolic OH excluding ortho intramolecular Hbond substituents is 1. The summed E-state index contributed by atoms with van der Waals surface area (Å²) in [4.78, 5) is 12.2. The highest BCUT2D eigenvalue weighted by Crippen LogP contribution is 2.21. The Morgan fingerprint density at radius 3 is 2.74 bits per heavy atom. The highest BCUT2D eigenvalue weighted by Gasteiger charge is 2.10. The van der Waals surface area contributed by atoms with E-state index in [-0.39, 0.29) is 16.8 Å². The molecule has 0 saturated heterocycles.